The van der Waals surface area contributed by atoms with Gasteiger partial charge in [-0.1, -0.05) is 18.7 Å². The van der Waals surface area contributed by atoms with Crippen molar-refractivity contribution in [3.05, 3.63) is 36.0 Å². The maximum Gasteiger partial charge on any atom is 0.277 e. The van der Waals surface area contributed by atoms with Gasteiger partial charge in [-0.05, 0) is 30.7 Å². The van der Waals surface area contributed by atoms with Gasteiger partial charge in [0.05, 0.1) is 19.1 Å². The molecular weight excluding hydrogens is 342 g/mol. The summed E-state index contributed by atoms with van der Waals surface area (Å²) in [5, 5.41) is 17.8. The molecule has 130 valence electrons. The van der Waals surface area contributed by atoms with Crippen molar-refractivity contribution in [1.82, 2.24) is 20.4 Å². The van der Waals surface area contributed by atoms with Gasteiger partial charge < -0.3 is 14.5 Å². The maximum absolute atomic E-state index is 12.0. The molecule has 2 N–H and O–H groups in total. The van der Waals surface area contributed by atoms with E-state index < -0.39 is 0 Å². The Labute approximate surface area is 148 Å². The van der Waals surface area contributed by atoms with Gasteiger partial charge in [-0.15, -0.1) is 10.2 Å². The zero-order valence-electron chi connectivity index (χ0n) is 13.8. The summed E-state index contributed by atoms with van der Waals surface area (Å²) in [7, 11) is 1.61. The van der Waals surface area contributed by atoms with Crippen molar-refractivity contribution in [3.63, 3.8) is 0 Å². The molecule has 0 unspecified atom stereocenters. The lowest BCUT2D eigenvalue weighted by Gasteiger charge is -2.03. The number of H-pyrrole nitrogens is 1. The van der Waals surface area contributed by atoms with Crippen LogP contribution in [0.4, 0.5) is 5.82 Å². The third-order valence-electron chi connectivity index (χ3n) is 3.43. The van der Waals surface area contributed by atoms with Crippen LogP contribution in [0.1, 0.15) is 12.5 Å². The van der Waals surface area contributed by atoms with E-state index in [1.807, 2.05) is 31.2 Å². The molecule has 0 bridgehead atoms. The number of hydrogen-bond acceptors (Lipinski definition) is 7. The van der Waals surface area contributed by atoms with Gasteiger partial charge in [0.2, 0.25) is 11.8 Å². The van der Waals surface area contributed by atoms with Crippen LogP contribution in [0.15, 0.2) is 40.1 Å². The Kier molecular flexibility index (Phi) is 5.34. The summed E-state index contributed by atoms with van der Waals surface area (Å²) >= 11 is 1.18. The van der Waals surface area contributed by atoms with Crippen molar-refractivity contribution in [2.45, 2.75) is 18.6 Å². The van der Waals surface area contributed by atoms with Gasteiger partial charge in [0, 0.05) is 11.1 Å². The summed E-state index contributed by atoms with van der Waals surface area (Å²) in [5.41, 5.74) is 1.74. The van der Waals surface area contributed by atoms with E-state index in [2.05, 4.69) is 25.7 Å². The smallest absolute Gasteiger partial charge is 0.277 e. The molecular formula is C16H17N5O3S. The molecule has 9 heteroatoms. The molecule has 0 aliphatic carbocycles. The Balaban J connectivity index is 1.57. The summed E-state index contributed by atoms with van der Waals surface area (Å²) in [6, 6.07) is 7.29. The molecule has 1 amide bonds. The second-order valence-corrected chi connectivity index (χ2v) is 5.99. The summed E-state index contributed by atoms with van der Waals surface area (Å²) < 4.78 is 10.7. The highest BCUT2D eigenvalue weighted by Crippen LogP contribution is 2.25. The zero-order chi connectivity index (χ0) is 17.6. The molecule has 2 heterocycles. The molecule has 1 aromatic carbocycles. The number of thioether (sulfide) groups is 1. The maximum atomic E-state index is 12.0. The van der Waals surface area contributed by atoms with Crippen LogP contribution in [0, 0.1) is 0 Å². The van der Waals surface area contributed by atoms with Crippen LogP contribution in [0.2, 0.25) is 0 Å². The molecule has 2 aromatic heterocycles. The van der Waals surface area contributed by atoms with E-state index in [0.717, 1.165) is 23.3 Å². The van der Waals surface area contributed by atoms with Gasteiger partial charge >= 0.3 is 0 Å². The van der Waals surface area contributed by atoms with Crippen LogP contribution in [0.25, 0.3) is 11.5 Å². The molecule has 0 aliphatic heterocycles. The summed E-state index contributed by atoms with van der Waals surface area (Å²) in [5.74, 6) is 1.75. The molecule has 3 aromatic rings. The second-order valence-electron chi connectivity index (χ2n) is 5.06. The summed E-state index contributed by atoms with van der Waals surface area (Å²) in [4.78, 5) is 12.0. The molecule has 0 spiro atoms. The normalized spacial score (nSPS) is 10.6. The molecule has 0 fully saturated rings. The van der Waals surface area contributed by atoms with Crippen molar-refractivity contribution < 1.29 is 13.9 Å². The van der Waals surface area contributed by atoms with Gasteiger partial charge in [0.1, 0.15) is 11.6 Å². The molecule has 3 rings (SSSR count). The first-order valence-electron chi connectivity index (χ1n) is 7.62. The number of benzene rings is 1. The van der Waals surface area contributed by atoms with E-state index in [0.29, 0.717) is 16.9 Å². The van der Waals surface area contributed by atoms with E-state index >= 15 is 0 Å². The lowest BCUT2D eigenvalue weighted by Crippen LogP contribution is -2.15. The third-order valence-corrected chi connectivity index (χ3v) is 4.25. The third kappa shape index (κ3) is 4.18. The topological polar surface area (TPSA) is 106 Å². The highest BCUT2D eigenvalue weighted by atomic mass is 32.2. The van der Waals surface area contributed by atoms with Crippen LogP contribution in [-0.4, -0.2) is 39.2 Å². The minimum atomic E-state index is -0.173. The Bertz CT molecular complexity index is 844. The average molecular weight is 359 g/mol. The fourth-order valence-electron chi connectivity index (χ4n) is 2.11. The molecule has 8 nitrogen and oxygen atoms in total. The summed E-state index contributed by atoms with van der Waals surface area (Å²) in [6.45, 7) is 1.99. The monoisotopic (exact) mass is 359 g/mol. The first-order valence-corrected chi connectivity index (χ1v) is 8.61. The van der Waals surface area contributed by atoms with Crippen molar-refractivity contribution in [3.8, 4) is 17.2 Å². The van der Waals surface area contributed by atoms with Crippen LogP contribution in [-0.2, 0) is 11.2 Å². The fourth-order valence-corrected chi connectivity index (χ4v) is 2.67. The number of nitrogens with one attached hydrogen (secondary N) is 2. The number of rotatable bonds is 7. The number of nitrogens with zero attached hydrogens (tertiary/aromatic N) is 3. The Morgan fingerprint density at radius 2 is 2.12 bits per heavy atom. The first kappa shape index (κ1) is 17.0. The highest BCUT2D eigenvalue weighted by Gasteiger charge is 2.13. The Morgan fingerprint density at radius 3 is 2.84 bits per heavy atom. The number of carbonyl (C=O) groups excluding carboxylic acids is 1. The van der Waals surface area contributed by atoms with Gasteiger partial charge in [-0.25, -0.2) is 0 Å². The number of carbonyl (C=O) groups is 1. The Morgan fingerprint density at radius 1 is 1.32 bits per heavy atom. The minimum absolute atomic E-state index is 0.159. The lowest BCUT2D eigenvalue weighted by atomic mass is 10.2. The van der Waals surface area contributed by atoms with Crippen LogP contribution >= 0.6 is 11.8 Å². The number of hydrogen-bond donors (Lipinski definition) is 2. The van der Waals surface area contributed by atoms with Gasteiger partial charge in [0.25, 0.3) is 5.22 Å². The van der Waals surface area contributed by atoms with Gasteiger partial charge in [0.15, 0.2) is 0 Å². The predicted molar refractivity (Wildman–Crippen MR) is 93.6 cm³/mol. The molecule has 0 saturated carbocycles. The van der Waals surface area contributed by atoms with E-state index in [-0.39, 0.29) is 11.7 Å². The van der Waals surface area contributed by atoms with Crippen molar-refractivity contribution in [2.24, 2.45) is 0 Å². The van der Waals surface area contributed by atoms with Crippen molar-refractivity contribution in [1.29, 1.82) is 0 Å². The van der Waals surface area contributed by atoms with E-state index in [1.165, 1.54) is 11.8 Å². The number of aryl methyl sites for hydroxylation is 1. The van der Waals surface area contributed by atoms with E-state index in [4.69, 9.17) is 9.15 Å². The zero-order valence-corrected chi connectivity index (χ0v) is 14.6. The first-order chi connectivity index (χ1) is 12.2. The van der Waals surface area contributed by atoms with Gasteiger partial charge in [-0.2, -0.15) is 5.10 Å². The molecule has 0 saturated heterocycles. The minimum Gasteiger partial charge on any atom is -0.497 e. The number of aromatic nitrogens is 4. The second kappa shape index (κ2) is 7.84. The van der Waals surface area contributed by atoms with Crippen LogP contribution < -0.4 is 10.1 Å². The molecule has 0 atom stereocenters. The summed E-state index contributed by atoms with van der Waals surface area (Å²) in [6.07, 6.45) is 2.48. The SMILES string of the molecule is CCc1cn[nH]c1NC(=O)CSc1nnc(-c2ccc(OC)cc2)o1. The standard InChI is InChI=1S/C16H17N5O3S/c1-3-10-8-17-19-14(10)18-13(22)9-25-16-21-20-15(24-16)11-4-6-12(23-2)7-5-11/h4-8H,3,9H2,1-2H3,(H2,17,18,19,22). The number of anilines is 1. The van der Waals surface area contributed by atoms with E-state index in [1.54, 1.807) is 13.3 Å². The average Bonchev–Trinajstić information content (AvgIpc) is 3.29. The molecule has 0 radical (unpaired) electrons. The van der Waals surface area contributed by atoms with E-state index in [9.17, 15) is 4.79 Å². The fraction of sp³-hybridized carbons (Fsp3) is 0.250. The number of methoxy groups -OCH3 is 1. The van der Waals surface area contributed by atoms with Crippen LogP contribution in [0.3, 0.4) is 0 Å². The number of aromatic amines is 1. The van der Waals surface area contributed by atoms with Crippen LogP contribution in [0.5, 0.6) is 5.75 Å². The highest BCUT2D eigenvalue weighted by molar-refractivity contribution is 7.99. The largest absolute Gasteiger partial charge is 0.497 e. The van der Waals surface area contributed by atoms with Crippen molar-refractivity contribution in [2.75, 3.05) is 18.2 Å². The lowest BCUT2D eigenvalue weighted by molar-refractivity contribution is -0.113. The molecule has 25 heavy (non-hydrogen) atoms. The Hall–Kier alpha value is -2.81. The number of ether oxygens (including phenoxy) is 1. The van der Waals surface area contributed by atoms with Crippen molar-refractivity contribution >= 4 is 23.5 Å². The molecule has 0 aliphatic rings. The quantitative estimate of drug-likeness (QED) is 0.625. The number of amides is 1. The van der Waals surface area contributed by atoms with Gasteiger partial charge in [-0.3, -0.25) is 9.89 Å². The predicted octanol–water partition coefficient (Wildman–Crippen LogP) is 2.76.